The molecule has 6 heteroatoms. The fraction of sp³-hybridized carbons (Fsp3) is 0.400. The molecule has 6 nitrogen and oxygen atoms in total. The van der Waals surface area contributed by atoms with Gasteiger partial charge >= 0.3 is 0 Å². The zero-order chi connectivity index (χ0) is 18.8. The summed E-state index contributed by atoms with van der Waals surface area (Å²) in [5.74, 6) is 2.42. The van der Waals surface area contributed by atoms with Crippen molar-refractivity contribution in [2.24, 2.45) is 0 Å². The highest BCUT2D eigenvalue weighted by atomic mass is 16.6. The number of ether oxygens (including phenoxy) is 4. The van der Waals surface area contributed by atoms with Gasteiger partial charge in [0.15, 0.2) is 12.2 Å². The first-order chi connectivity index (χ1) is 12.5. The summed E-state index contributed by atoms with van der Waals surface area (Å²) in [6, 6.07) is 7.50. The van der Waals surface area contributed by atoms with E-state index in [2.05, 4.69) is 0 Å². The molecule has 26 heavy (non-hydrogen) atoms. The number of aryl methyl sites for hydroxylation is 2. The zero-order valence-corrected chi connectivity index (χ0v) is 15.4. The number of methoxy groups -OCH3 is 2. The number of aliphatic hydroxyl groups is 2. The van der Waals surface area contributed by atoms with Gasteiger partial charge in [-0.25, -0.2) is 0 Å². The fourth-order valence-electron chi connectivity index (χ4n) is 3.26. The monoisotopic (exact) mass is 360 g/mol. The van der Waals surface area contributed by atoms with Gasteiger partial charge < -0.3 is 29.2 Å². The first kappa shape index (κ1) is 18.4. The summed E-state index contributed by atoms with van der Waals surface area (Å²) in [6.45, 7) is 3.31. The van der Waals surface area contributed by atoms with Crippen molar-refractivity contribution in [3.8, 4) is 34.1 Å². The van der Waals surface area contributed by atoms with Crippen molar-refractivity contribution < 1.29 is 29.2 Å². The summed E-state index contributed by atoms with van der Waals surface area (Å²) >= 11 is 0. The Labute approximate surface area is 152 Å². The summed E-state index contributed by atoms with van der Waals surface area (Å²) in [4.78, 5) is 0. The Balaban J connectivity index is 2.33. The van der Waals surface area contributed by atoms with E-state index in [1.165, 1.54) is 0 Å². The molecule has 0 bridgehead atoms. The molecule has 2 N–H and O–H groups in total. The van der Waals surface area contributed by atoms with Crippen molar-refractivity contribution in [2.75, 3.05) is 27.4 Å². The highest BCUT2D eigenvalue weighted by molar-refractivity contribution is 5.85. The van der Waals surface area contributed by atoms with Crippen molar-refractivity contribution in [1.29, 1.82) is 0 Å². The van der Waals surface area contributed by atoms with E-state index in [1.54, 1.807) is 20.3 Å². The molecule has 2 atom stereocenters. The number of rotatable bonds is 4. The summed E-state index contributed by atoms with van der Waals surface area (Å²) < 4.78 is 23.0. The Kier molecular flexibility index (Phi) is 5.25. The zero-order valence-electron chi connectivity index (χ0n) is 15.4. The third-order valence-corrected chi connectivity index (χ3v) is 4.52. The van der Waals surface area contributed by atoms with E-state index in [4.69, 9.17) is 18.9 Å². The SMILES string of the molecule is COc1cc(C)c2c(c1)O[C@H](CO)[C@@H](CO)Oc1cc(C)cc(OC)c1-2. The molecule has 0 amide bonds. The van der Waals surface area contributed by atoms with Gasteiger partial charge in [0.05, 0.1) is 33.0 Å². The Bertz CT molecular complexity index is 797. The van der Waals surface area contributed by atoms with Crippen molar-refractivity contribution in [2.45, 2.75) is 26.1 Å². The molecule has 0 spiro atoms. The van der Waals surface area contributed by atoms with Crippen LogP contribution in [0, 0.1) is 13.8 Å². The van der Waals surface area contributed by atoms with Gasteiger partial charge in [-0.05, 0) is 43.2 Å². The second kappa shape index (κ2) is 7.43. The third kappa shape index (κ3) is 3.18. The first-order valence-corrected chi connectivity index (χ1v) is 8.45. The Morgan fingerprint density at radius 2 is 1.46 bits per heavy atom. The van der Waals surface area contributed by atoms with Crippen LogP contribution in [0.4, 0.5) is 0 Å². The molecular weight excluding hydrogens is 336 g/mol. The summed E-state index contributed by atoms with van der Waals surface area (Å²) in [5.41, 5.74) is 3.45. The fourth-order valence-corrected chi connectivity index (χ4v) is 3.26. The minimum Gasteiger partial charge on any atom is -0.497 e. The van der Waals surface area contributed by atoms with Gasteiger partial charge in [-0.1, -0.05) is 0 Å². The van der Waals surface area contributed by atoms with E-state index < -0.39 is 12.2 Å². The van der Waals surface area contributed by atoms with Gasteiger partial charge in [0.1, 0.15) is 23.0 Å². The van der Waals surface area contributed by atoms with Gasteiger partial charge in [0, 0.05) is 11.6 Å². The normalized spacial score (nSPS) is 18.5. The van der Waals surface area contributed by atoms with Crippen molar-refractivity contribution in [1.82, 2.24) is 0 Å². The maximum absolute atomic E-state index is 9.76. The largest absolute Gasteiger partial charge is 0.497 e. The van der Waals surface area contributed by atoms with Gasteiger partial charge in [-0.2, -0.15) is 0 Å². The highest BCUT2D eigenvalue weighted by Gasteiger charge is 2.32. The Hall–Kier alpha value is -2.44. The minimum absolute atomic E-state index is 0.292. The number of benzene rings is 2. The minimum atomic E-state index is -0.718. The average Bonchev–Trinajstić information content (AvgIpc) is 2.62. The van der Waals surface area contributed by atoms with Crippen LogP contribution in [0.5, 0.6) is 23.0 Å². The quantitative estimate of drug-likeness (QED) is 0.872. The number of fused-ring (bicyclic) bond motifs is 3. The Morgan fingerprint density at radius 1 is 0.846 bits per heavy atom. The number of hydrogen-bond acceptors (Lipinski definition) is 6. The van der Waals surface area contributed by atoms with Crippen LogP contribution in [0.1, 0.15) is 11.1 Å². The molecule has 0 saturated heterocycles. The lowest BCUT2D eigenvalue weighted by atomic mass is 9.95. The van der Waals surface area contributed by atoms with Crippen LogP contribution in [0.2, 0.25) is 0 Å². The van der Waals surface area contributed by atoms with Crippen LogP contribution >= 0.6 is 0 Å². The molecule has 1 aliphatic heterocycles. The molecule has 3 rings (SSSR count). The van der Waals surface area contributed by atoms with Gasteiger partial charge in [-0.3, -0.25) is 0 Å². The topological polar surface area (TPSA) is 77.4 Å². The molecule has 0 fully saturated rings. The predicted octanol–water partition coefficient (Wildman–Crippen LogP) is 2.48. The van der Waals surface area contributed by atoms with E-state index in [0.29, 0.717) is 23.0 Å². The van der Waals surface area contributed by atoms with Crippen LogP contribution in [0.3, 0.4) is 0 Å². The van der Waals surface area contributed by atoms with Crippen LogP contribution in [-0.4, -0.2) is 49.9 Å². The summed E-state index contributed by atoms with van der Waals surface area (Å²) in [6.07, 6.45) is -1.44. The summed E-state index contributed by atoms with van der Waals surface area (Å²) in [7, 11) is 3.19. The first-order valence-electron chi connectivity index (χ1n) is 8.45. The number of aliphatic hydroxyl groups excluding tert-OH is 2. The second-order valence-electron chi connectivity index (χ2n) is 6.34. The van der Waals surface area contributed by atoms with Gasteiger partial charge in [-0.15, -0.1) is 0 Å². The van der Waals surface area contributed by atoms with E-state index in [9.17, 15) is 10.2 Å². The molecule has 0 radical (unpaired) electrons. The van der Waals surface area contributed by atoms with Crippen molar-refractivity contribution in [3.05, 3.63) is 35.4 Å². The molecule has 0 aliphatic carbocycles. The molecule has 140 valence electrons. The van der Waals surface area contributed by atoms with Gasteiger partial charge in [0.25, 0.3) is 0 Å². The van der Waals surface area contributed by atoms with Crippen molar-refractivity contribution in [3.63, 3.8) is 0 Å². The molecule has 2 aromatic carbocycles. The molecule has 0 saturated carbocycles. The number of hydrogen-bond donors (Lipinski definition) is 2. The lowest BCUT2D eigenvalue weighted by Crippen LogP contribution is -2.42. The molecule has 1 heterocycles. The molecule has 2 aromatic rings. The van der Waals surface area contributed by atoms with E-state index in [0.717, 1.165) is 22.3 Å². The van der Waals surface area contributed by atoms with Crippen LogP contribution < -0.4 is 18.9 Å². The van der Waals surface area contributed by atoms with Gasteiger partial charge in [0.2, 0.25) is 0 Å². The van der Waals surface area contributed by atoms with Crippen LogP contribution in [0.25, 0.3) is 11.1 Å². The third-order valence-electron chi connectivity index (χ3n) is 4.52. The van der Waals surface area contributed by atoms with E-state index in [1.807, 2.05) is 32.0 Å². The van der Waals surface area contributed by atoms with E-state index >= 15 is 0 Å². The maximum atomic E-state index is 9.76. The molecule has 1 aliphatic rings. The van der Waals surface area contributed by atoms with Crippen molar-refractivity contribution >= 4 is 0 Å². The highest BCUT2D eigenvalue weighted by Crippen LogP contribution is 2.48. The van der Waals surface area contributed by atoms with Crippen LogP contribution in [0.15, 0.2) is 24.3 Å². The molecule has 0 unspecified atom stereocenters. The standard InChI is InChI=1S/C20H24O6/c1-11-5-14(24-4)20-15(6-11)25-17(9-21)18(10-22)26-16-8-13(23-3)7-12(2)19(16)20/h5-8,17-18,21-22H,9-10H2,1-4H3/t17-,18-/m1/s1. The lowest BCUT2D eigenvalue weighted by Gasteiger charge is -2.32. The van der Waals surface area contributed by atoms with Crippen LogP contribution in [-0.2, 0) is 0 Å². The Morgan fingerprint density at radius 3 is 2.00 bits per heavy atom. The van der Waals surface area contributed by atoms with E-state index in [-0.39, 0.29) is 13.2 Å². The molecule has 0 aromatic heterocycles. The summed E-state index contributed by atoms with van der Waals surface area (Å²) in [5, 5.41) is 19.5. The molecular formula is C20H24O6. The predicted molar refractivity (Wildman–Crippen MR) is 97.5 cm³/mol. The second-order valence-corrected chi connectivity index (χ2v) is 6.34. The smallest absolute Gasteiger partial charge is 0.161 e. The maximum Gasteiger partial charge on any atom is 0.161 e. The average molecular weight is 360 g/mol. The lowest BCUT2D eigenvalue weighted by molar-refractivity contribution is -0.0129.